The van der Waals surface area contributed by atoms with Crippen molar-refractivity contribution in [3.63, 3.8) is 0 Å². The second-order valence-corrected chi connectivity index (χ2v) is 13.3. The molecule has 0 aliphatic heterocycles. The largest absolute Gasteiger partial charge is 0.456 e. The van der Waals surface area contributed by atoms with E-state index in [1.54, 1.807) is 0 Å². The molecule has 8 aromatic carbocycles. The molecule has 3 heterocycles. The lowest BCUT2D eigenvalue weighted by Gasteiger charge is -2.26. The first-order valence-electron chi connectivity index (χ1n) is 17.6. The predicted octanol–water partition coefficient (Wildman–Crippen LogP) is 13.7. The topological polar surface area (TPSA) is 34.5 Å². The van der Waals surface area contributed by atoms with Gasteiger partial charge in [-0.3, -0.25) is 0 Å². The highest BCUT2D eigenvalue weighted by atomic mass is 16.3. The molecule has 0 radical (unpaired) electrons. The van der Waals surface area contributed by atoms with Crippen molar-refractivity contribution in [1.82, 2.24) is 4.57 Å². The van der Waals surface area contributed by atoms with Gasteiger partial charge in [0.2, 0.25) is 0 Å². The lowest BCUT2D eigenvalue weighted by molar-refractivity contribution is 0.667. The van der Waals surface area contributed by atoms with E-state index >= 15 is 0 Å². The van der Waals surface area contributed by atoms with Crippen LogP contribution in [0.1, 0.15) is 0 Å². The van der Waals surface area contributed by atoms with Gasteiger partial charge in [-0.15, -0.1) is 0 Å². The molecule has 0 bridgehead atoms. The highest BCUT2D eigenvalue weighted by molar-refractivity contribution is 6.12. The van der Waals surface area contributed by atoms with Crippen LogP contribution in [-0.2, 0) is 0 Å². The molecule has 0 spiro atoms. The number of para-hydroxylation sites is 5. The number of nitrogens with zero attached hydrogens (tertiary/aromatic N) is 2. The van der Waals surface area contributed by atoms with E-state index in [-0.39, 0.29) is 0 Å². The average Bonchev–Trinajstić information content (AvgIpc) is 3.88. The van der Waals surface area contributed by atoms with Crippen LogP contribution in [0.25, 0.3) is 82.5 Å². The molecule has 52 heavy (non-hydrogen) atoms. The molecular formula is C48H30N2O2. The fraction of sp³-hybridized carbons (Fsp3) is 0. The molecule has 11 aromatic rings. The zero-order valence-corrected chi connectivity index (χ0v) is 28.0. The molecule has 0 saturated carbocycles. The zero-order valence-electron chi connectivity index (χ0n) is 28.0. The Labute approximate surface area is 299 Å². The Morgan fingerprint density at radius 3 is 1.85 bits per heavy atom. The SMILES string of the molecule is c1ccc(-n2c3ccccc3c3ccc(-c4cccc(N(c5ccc6c(c5)oc5ccccc56)c5cccc6c5oc5ccccc56)c4)cc32)cc1. The van der Waals surface area contributed by atoms with Crippen molar-refractivity contribution in [2.24, 2.45) is 0 Å². The maximum Gasteiger partial charge on any atom is 0.159 e. The van der Waals surface area contributed by atoms with Crippen LogP contribution in [0.4, 0.5) is 17.1 Å². The Bertz CT molecular complexity index is 3150. The normalized spacial score (nSPS) is 11.8. The second kappa shape index (κ2) is 11.2. The quantitative estimate of drug-likeness (QED) is 0.183. The van der Waals surface area contributed by atoms with Crippen molar-refractivity contribution in [2.45, 2.75) is 0 Å². The molecule has 4 nitrogen and oxygen atoms in total. The minimum absolute atomic E-state index is 0.840. The van der Waals surface area contributed by atoms with Gasteiger partial charge in [0.25, 0.3) is 0 Å². The Balaban J connectivity index is 1.13. The van der Waals surface area contributed by atoms with Crippen LogP contribution in [-0.4, -0.2) is 4.57 Å². The molecule has 11 rings (SSSR count). The fourth-order valence-electron chi connectivity index (χ4n) is 8.02. The number of aromatic nitrogens is 1. The van der Waals surface area contributed by atoms with Gasteiger partial charge in [-0.05, 0) is 77.9 Å². The Morgan fingerprint density at radius 2 is 0.981 bits per heavy atom. The molecule has 0 aliphatic rings. The molecule has 0 amide bonds. The van der Waals surface area contributed by atoms with Crippen LogP contribution >= 0.6 is 0 Å². The van der Waals surface area contributed by atoms with Gasteiger partial charge in [-0.25, -0.2) is 0 Å². The van der Waals surface area contributed by atoms with Crippen molar-refractivity contribution >= 4 is 82.7 Å². The van der Waals surface area contributed by atoms with Crippen molar-refractivity contribution in [1.29, 1.82) is 0 Å². The molecule has 244 valence electrons. The summed E-state index contributed by atoms with van der Waals surface area (Å²) >= 11 is 0. The van der Waals surface area contributed by atoms with E-state index in [0.717, 1.165) is 77.8 Å². The van der Waals surface area contributed by atoms with Gasteiger partial charge < -0.3 is 18.3 Å². The molecule has 0 aliphatic carbocycles. The van der Waals surface area contributed by atoms with Crippen LogP contribution in [0.2, 0.25) is 0 Å². The fourth-order valence-corrected chi connectivity index (χ4v) is 8.02. The maximum absolute atomic E-state index is 6.62. The summed E-state index contributed by atoms with van der Waals surface area (Å²) in [6, 6.07) is 64.3. The molecule has 3 aromatic heterocycles. The third-order valence-corrected chi connectivity index (χ3v) is 10.4. The van der Waals surface area contributed by atoms with Crippen LogP contribution < -0.4 is 4.90 Å². The number of hydrogen-bond donors (Lipinski definition) is 0. The van der Waals surface area contributed by atoms with Gasteiger partial charge in [0.15, 0.2) is 5.58 Å². The van der Waals surface area contributed by atoms with E-state index in [1.807, 2.05) is 24.3 Å². The van der Waals surface area contributed by atoms with Crippen LogP contribution in [0.15, 0.2) is 191 Å². The zero-order chi connectivity index (χ0) is 34.2. The minimum Gasteiger partial charge on any atom is -0.456 e. The molecule has 4 heteroatoms. The van der Waals surface area contributed by atoms with Gasteiger partial charge in [-0.2, -0.15) is 0 Å². The average molecular weight is 667 g/mol. The molecule has 0 saturated heterocycles. The Morgan fingerprint density at radius 1 is 0.365 bits per heavy atom. The van der Waals surface area contributed by atoms with Gasteiger partial charge in [0.05, 0.1) is 22.4 Å². The van der Waals surface area contributed by atoms with E-state index in [9.17, 15) is 0 Å². The highest BCUT2D eigenvalue weighted by Gasteiger charge is 2.21. The van der Waals surface area contributed by atoms with E-state index in [1.165, 1.54) is 21.8 Å². The van der Waals surface area contributed by atoms with E-state index < -0.39 is 0 Å². The van der Waals surface area contributed by atoms with Crippen LogP contribution in [0.3, 0.4) is 0 Å². The summed E-state index contributed by atoms with van der Waals surface area (Å²) in [6.07, 6.45) is 0. The first-order valence-corrected chi connectivity index (χ1v) is 17.6. The van der Waals surface area contributed by atoms with Gasteiger partial charge in [0, 0.05) is 49.8 Å². The lowest BCUT2D eigenvalue weighted by Crippen LogP contribution is -2.10. The summed E-state index contributed by atoms with van der Waals surface area (Å²) in [7, 11) is 0. The Hall–Kier alpha value is -7.04. The van der Waals surface area contributed by atoms with Crippen LogP contribution in [0.5, 0.6) is 0 Å². The third-order valence-electron chi connectivity index (χ3n) is 10.4. The second-order valence-electron chi connectivity index (χ2n) is 13.3. The first-order chi connectivity index (χ1) is 25.8. The first kappa shape index (κ1) is 28.8. The standard InChI is InChI=1S/C48H30N2O2/c1-2-13-33(14-3-1)50-42-20-7-4-16-36(42)37-26-24-32(29-44(37)50)31-12-10-15-34(28-31)49(35-25-27-40-38-17-5-8-22-45(38)51-47(40)30-35)43-21-11-19-41-39-18-6-9-23-46(39)52-48(41)43/h1-30H. The van der Waals surface area contributed by atoms with Crippen molar-refractivity contribution in [3.05, 3.63) is 182 Å². The van der Waals surface area contributed by atoms with Crippen molar-refractivity contribution in [3.8, 4) is 16.8 Å². The van der Waals surface area contributed by atoms with E-state index in [4.69, 9.17) is 8.83 Å². The molecule has 0 unspecified atom stereocenters. The van der Waals surface area contributed by atoms with Gasteiger partial charge in [-0.1, -0.05) is 109 Å². The summed E-state index contributed by atoms with van der Waals surface area (Å²) in [5.41, 5.74) is 12.2. The highest BCUT2D eigenvalue weighted by Crippen LogP contribution is 2.44. The number of fused-ring (bicyclic) bond motifs is 9. The summed E-state index contributed by atoms with van der Waals surface area (Å²) in [4.78, 5) is 2.29. The molecule has 0 N–H and O–H groups in total. The summed E-state index contributed by atoms with van der Waals surface area (Å²) in [6.45, 7) is 0. The molecular weight excluding hydrogens is 637 g/mol. The summed E-state index contributed by atoms with van der Waals surface area (Å²) in [5.74, 6) is 0. The number of rotatable bonds is 5. The Kier molecular flexibility index (Phi) is 6.22. The number of anilines is 3. The monoisotopic (exact) mass is 666 g/mol. The molecule has 0 fully saturated rings. The molecule has 0 atom stereocenters. The van der Waals surface area contributed by atoms with Gasteiger partial charge in [0.1, 0.15) is 16.7 Å². The van der Waals surface area contributed by atoms with Gasteiger partial charge >= 0.3 is 0 Å². The van der Waals surface area contributed by atoms with E-state index in [2.05, 4.69) is 167 Å². The maximum atomic E-state index is 6.62. The van der Waals surface area contributed by atoms with Crippen LogP contribution in [0, 0.1) is 0 Å². The summed E-state index contributed by atoms with van der Waals surface area (Å²) in [5, 5.41) is 6.86. The smallest absolute Gasteiger partial charge is 0.159 e. The number of benzene rings is 8. The number of furan rings is 2. The van der Waals surface area contributed by atoms with E-state index in [0.29, 0.717) is 0 Å². The minimum atomic E-state index is 0.840. The van der Waals surface area contributed by atoms with Crippen molar-refractivity contribution < 1.29 is 8.83 Å². The lowest BCUT2D eigenvalue weighted by atomic mass is 10.0. The third kappa shape index (κ3) is 4.34. The predicted molar refractivity (Wildman–Crippen MR) is 215 cm³/mol. The van der Waals surface area contributed by atoms with Crippen molar-refractivity contribution in [2.75, 3.05) is 4.90 Å². The summed E-state index contributed by atoms with van der Waals surface area (Å²) < 4.78 is 15.4. The number of hydrogen-bond acceptors (Lipinski definition) is 3.